The lowest BCUT2D eigenvalue weighted by Crippen LogP contribution is -2.01. The Bertz CT molecular complexity index is 497. The van der Waals surface area contributed by atoms with Gasteiger partial charge in [0.25, 0.3) is 0 Å². The predicted octanol–water partition coefficient (Wildman–Crippen LogP) is 3.08. The largest absolute Gasteiger partial charge is 0.508 e. The molecule has 94 valence electrons. The van der Waals surface area contributed by atoms with Gasteiger partial charge in [0, 0.05) is 0 Å². The molecule has 0 aliphatic carbocycles. The molecule has 0 spiro atoms. The molecule has 0 unspecified atom stereocenters. The molecule has 0 aliphatic rings. The number of aryl methyl sites for hydroxylation is 1. The summed E-state index contributed by atoms with van der Waals surface area (Å²) in [6, 6.07) is 14.7. The zero-order valence-electron chi connectivity index (χ0n) is 10.2. The Kier molecular flexibility index (Phi) is 4.20. The Hall–Kier alpha value is -2.00. The van der Waals surface area contributed by atoms with Gasteiger partial charge in [0.15, 0.2) is 0 Å². The number of aromatic hydroxyl groups is 1. The van der Waals surface area contributed by atoms with Gasteiger partial charge < -0.3 is 15.6 Å². The summed E-state index contributed by atoms with van der Waals surface area (Å²) < 4.78 is 5.81. The van der Waals surface area contributed by atoms with Crippen LogP contribution in [0, 0.1) is 0 Å². The number of para-hydroxylation sites is 1. The third kappa shape index (κ3) is 3.25. The molecule has 0 radical (unpaired) electrons. The van der Waals surface area contributed by atoms with Gasteiger partial charge in [-0.25, -0.2) is 0 Å². The smallest absolute Gasteiger partial charge is 0.130 e. The van der Waals surface area contributed by atoms with E-state index in [1.165, 1.54) is 0 Å². The Labute approximate surface area is 107 Å². The molecule has 0 amide bonds. The maximum absolute atomic E-state index is 9.52. The number of ether oxygens (including phenoxy) is 1. The summed E-state index contributed by atoms with van der Waals surface area (Å²) in [5, 5.41) is 9.52. The Morgan fingerprint density at radius 3 is 2.56 bits per heavy atom. The molecule has 2 aromatic rings. The standard InChI is InChI=1S/C15H17NO2/c16-10-4-5-12-11-13(17)8-9-15(12)18-14-6-2-1-3-7-14/h1-3,6-9,11,17H,4-5,10,16H2. The van der Waals surface area contributed by atoms with Crippen LogP contribution in [0.1, 0.15) is 12.0 Å². The number of rotatable bonds is 5. The van der Waals surface area contributed by atoms with Crippen LogP contribution in [0.2, 0.25) is 0 Å². The average molecular weight is 243 g/mol. The van der Waals surface area contributed by atoms with Crippen LogP contribution in [0.25, 0.3) is 0 Å². The van der Waals surface area contributed by atoms with E-state index in [1.54, 1.807) is 18.2 Å². The van der Waals surface area contributed by atoms with Crippen molar-refractivity contribution in [3.8, 4) is 17.2 Å². The summed E-state index contributed by atoms with van der Waals surface area (Å²) in [5.41, 5.74) is 6.49. The number of nitrogens with two attached hydrogens (primary N) is 1. The van der Waals surface area contributed by atoms with Crippen LogP contribution in [0.4, 0.5) is 0 Å². The molecule has 0 fully saturated rings. The van der Waals surface area contributed by atoms with Crippen molar-refractivity contribution in [2.24, 2.45) is 5.73 Å². The van der Waals surface area contributed by atoms with E-state index in [4.69, 9.17) is 10.5 Å². The number of phenolic OH excluding ortho intramolecular Hbond substituents is 1. The predicted molar refractivity (Wildman–Crippen MR) is 72.0 cm³/mol. The number of hydrogen-bond acceptors (Lipinski definition) is 3. The molecule has 0 saturated carbocycles. The highest BCUT2D eigenvalue weighted by Crippen LogP contribution is 2.29. The number of hydrogen-bond donors (Lipinski definition) is 2. The summed E-state index contributed by atoms with van der Waals surface area (Å²) in [7, 11) is 0. The molecule has 18 heavy (non-hydrogen) atoms. The SMILES string of the molecule is NCCCc1cc(O)ccc1Oc1ccccc1. The fraction of sp³-hybridized carbons (Fsp3) is 0.200. The summed E-state index contributed by atoms with van der Waals surface area (Å²) in [6.45, 7) is 0.625. The summed E-state index contributed by atoms with van der Waals surface area (Å²) >= 11 is 0. The van der Waals surface area contributed by atoms with Crippen molar-refractivity contribution in [2.75, 3.05) is 6.54 Å². The molecule has 0 aromatic heterocycles. The summed E-state index contributed by atoms with van der Waals surface area (Å²) in [5.74, 6) is 1.81. The minimum atomic E-state index is 0.252. The van der Waals surface area contributed by atoms with Gasteiger partial charge in [-0.05, 0) is 55.3 Å². The third-order valence-electron chi connectivity index (χ3n) is 2.67. The maximum Gasteiger partial charge on any atom is 0.130 e. The first-order valence-electron chi connectivity index (χ1n) is 6.04. The Morgan fingerprint density at radius 2 is 1.83 bits per heavy atom. The van der Waals surface area contributed by atoms with Crippen molar-refractivity contribution in [3.05, 3.63) is 54.1 Å². The Balaban J connectivity index is 2.21. The average Bonchev–Trinajstić information content (AvgIpc) is 2.40. The maximum atomic E-state index is 9.52. The number of phenols is 1. The van der Waals surface area contributed by atoms with E-state index in [1.807, 2.05) is 30.3 Å². The molecule has 0 atom stereocenters. The lowest BCUT2D eigenvalue weighted by atomic mass is 10.1. The first kappa shape index (κ1) is 12.5. The molecule has 0 aliphatic heterocycles. The van der Waals surface area contributed by atoms with Crippen LogP contribution in [-0.2, 0) is 6.42 Å². The summed E-state index contributed by atoms with van der Waals surface area (Å²) in [6.07, 6.45) is 1.67. The molecular weight excluding hydrogens is 226 g/mol. The van der Waals surface area contributed by atoms with E-state index in [2.05, 4.69) is 0 Å². The molecule has 3 heteroatoms. The van der Waals surface area contributed by atoms with E-state index < -0.39 is 0 Å². The molecule has 3 nitrogen and oxygen atoms in total. The lowest BCUT2D eigenvalue weighted by Gasteiger charge is -2.11. The van der Waals surface area contributed by atoms with E-state index in [0.717, 1.165) is 29.9 Å². The zero-order chi connectivity index (χ0) is 12.8. The van der Waals surface area contributed by atoms with Gasteiger partial charge in [0.1, 0.15) is 17.2 Å². The van der Waals surface area contributed by atoms with Crippen molar-refractivity contribution < 1.29 is 9.84 Å². The van der Waals surface area contributed by atoms with Crippen molar-refractivity contribution in [2.45, 2.75) is 12.8 Å². The van der Waals surface area contributed by atoms with Gasteiger partial charge >= 0.3 is 0 Å². The molecule has 0 bridgehead atoms. The quantitative estimate of drug-likeness (QED) is 0.848. The highest BCUT2D eigenvalue weighted by molar-refractivity contribution is 5.42. The van der Waals surface area contributed by atoms with Crippen LogP contribution in [0.3, 0.4) is 0 Å². The van der Waals surface area contributed by atoms with Gasteiger partial charge in [-0.2, -0.15) is 0 Å². The second-order valence-electron chi connectivity index (χ2n) is 4.10. The van der Waals surface area contributed by atoms with Crippen molar-refractivity contribution in [3.63, 3.8) is 0 Å². The molecule has 0 heterocycles. The lowest BCUT2D eigenvalue weighted by molar-refractivity contribution is 0.459. The minimum absolute atomic E-state index is 0.252. The third-order valence-corrected chi connectivity index (χ3v) is 2.67. The highest BCUT2D eigenvalue weighted by atomic mass is 16.5. The second kappa shape index (κ2) is 6.07. The van der Waals surface area contributed by atoms with Crippen molar-refractivity contribution in [1.29, 1.82) is 0 Å². The molecule has 2 rings (SSSR count). The molecule has 2 aromatic carbocycles. The van der Waals surface area contributed by atoms with E-state index in [-0.39, 0.29) is 5.75 Å². The fourth-order valence-electron chi connectivity index (χ4n) is 1.77. The van der Waals surface area contributed by atoms with Crippen LogP contribution in [0.5, 0.6) is 17.2 Å². The second-order valence-corrected chi connectivity index (χ2v) is 4.10. The van der Waals surface area contributed by atoms with Gasteiger partial charge in [0.2, 0.25) is 0 Å². The van der Waals surface area contributed by atoms with Crippen LogP contribution in [0.15, 0.2) is 48.5 Å². The van der Waals surface area contributed by atoms with Gasteiger partial charge in [-0.1, -0.05) is 18.2 Å². The van der Waals surface area contributed by atoms with E-state index in [9.17, 15) is 5.11 Å². The first-order chi connectivity index (χ1) is 8.79. The van der Waals surface area contributed by atoms with Gasteiger partial charge in [0.05, 0.1) is 0 Å². The van der Waals surface area contributed by atoms with Crippen LogP contribution < -0.4 is 10.5 Å². The monoisotopic (exact) mass is 243 g/mol. The van der Waals surface area contributed by atoms with Gasteiger partial charge in [-0.3, -0.25) is 0 Å². The fourth-order valence-corrected chi connectivity index (χ4v) is 1.77. The van der Waals surface area contributed by atoms with E-state index >= 15 is 0 Å². The molecule has 0 saturated heterocycles. The highest BCUT2D eigenvalue weighted by Gasteiger charge is 2.06. The van der Waals surface area contributed by atoms with Gasteiger partial charge in [-0.15, -0.1) is 0 Å². The van der Waals surface area contributed by atoms with Crippen molar-refractivity contribution in [1.82, 2.24) is 0 Å². The molecule has 3 N–H and O–H groups in total. The van der Waals surface area contributed by atoms with Crippen LogP contribution in [-0.4, -0.2) is 11.7 Å². The topological polar surface area (TPSA) is 55.5 Å². The number of benzene rings is 2. The van der Waals surface area contributed by atoms with E-state index in [0.29, 0.717) is 6.54 Å². The Morgan fingerprint density at radius 1 is 1.06 bits per heavy atom. The molecular formula is C15H17NO2. The zero-order valence-corrected chi connectivity index (χ0v) is 10.2. The normalized spacial score (nSPS) is 10.3. The summed E-state index contributed by atoms with van der Waals surface area (Å²) in [4.78, 5) is 0. The minimum Gasteiger partial charge on any atom is -0.508 e. The first-order valence-corrected chi connectivity index (χ1v) is 6.04. The van der Waals surface area contributed by atoms with Crippen molar-refractivity contribution >= 4 is 0 Å². The van der Waals surface area contributed by atoms with Crippen LogP contribution >= 0.6 is 0 Å².